The number of fused-ring (bicyclic) bond motifs is 1. The second-order valence-electron chi connectivity index (χ2n) is 8.23. The molecule has 2 N–H and O–H groups in total. The van der Waals surface area contributed by atoms with E-state index in [1.807, 2.05) is 12.1 Å². The minimum absolute atomic E-state index is 0.122. The van der Waals surface area contributed by atoms with Crippen molar-refractivity contribution in [2.24, 2.45) is 0 Å². The van der Waals surface area contributed by atoms with Crippen molar-refractivity contribution < 1.29 is 19.1 Å². The third-order valence-electron chi connectivity index (χ3n) is 6.19. The number of benzene rings is 2. The van der Waals surface area contributed by atoms with E-state index in [1.165, 1.54) is 0 Å². The summed E-state index contributed by atoms with van der Waals surface area (Å²) < 4.78 is 10.7. The van der Waals surface area contributed by atoms with E-state index in [1.54, 1.807) is 24.3 Å². The third kappa shape index (κ3) is 5.39. The third-order valence-corrected chi connectivity index (χ3v) is 6.19. The molecule has 0 aromatic heterocycles. The lowest BCUT2D eigenvalue weighted by Crippen LogP contribution is -2.35. The fourth-order valence-electron chi connectivity index (χ4n) is 4.23. The molecule has 1 saturated heterocycles. The van der Waals surface area contributed by atoms with Crippen molar-refractivity contribution in [1.82, 2.24) is 10.2 Å². The molecule has 2 amide bonds. The molecular formula is C25H32N4O4. The number of hydrogen-bond donors (Lipinski definition) is 2. The van der Waals surface area contributed by atoms with Gasteiger partial charge in [-0.05, 0) is 62.3 Å². The predicted molar refractivity (Wildman–Crippen MR) is 129 cm³/mol. The van der Waals surface area contributed by atoms with E-state index < -0.39 is 0 Å². The second kappa shape index (κ2) is 10.6. The zero-order valence-corrected chi connectivity index (χ0v) is 19.4. The zero-order chi connectivity index (χ0) is 23.2. The summed E-state index contributed by atoms with van der Waals surface area (Å²) in [6.45, 7) is 9.54. The lowest BCUT2D eigenvalue weighted by molar-refractivity contribution is 0.0948. The van der Waals surface area contributed by atoms with Crippen LogP contribution in [-0.2, 0) is 0 Å². The van der Waals surface area contributed by atoms with Gasteiger partial charge in [-0.2, -0.15) is 0 Å². The number of rotatable bonds is 9. The Morgan fingerprint density at radius 2 is 1.73 bits per heavy atom. The maximum atomic E-state index is 13.1. The SMILES string of the molecule is CCN(CC)CCNC(=O)c1cc(NC(=O)c2ccc3c(c2)OCO3)ccc1N1CCCC1. The summed E-state index contributed by atoms with van der Waals surface area (Å²) in [6.07, 6.45) is 2.23. The van der Waals surface area contributed by atoms with Crippen molar-refractivity contribution in [3.05, 3.63) is 47.5 Å². The minimum Gasteiger partial charge on any atom is -0.454 e. The van der Waals surface area contributed by atoms with Crippen molar-refractivity contribution >= 4 is 23.2 Å². The Bertz CT molecular complexity index is 1000. The first-order valence-corrected chi connectivity index (χ1v) is 11.7. The normalized spacial score (nSPS) is 14.6. The van der Waals surface area contributed by atoms with E-state index in [2.05, 4.69) is 34.3 Å². The molecule has 0 bridgehead atoms. The zero-order valence-electron chi connectivity index (χ0n) is 19.4. The van der Waals surface area contributed by atoms with Crippen LogP contribution >= 0.6 is 0 Å². The number of carbonyl (C=O) groups is 2. The van der Waals surface area contributed by atoms with Gasteiger partial charge in [-0.1, -0.05) is 13.8 Å². The Balaban J connectivity index is 1.50. The van der Waals surface area contributed by atoms with Gasteiger partial charge in [-0.25, -0.2) is 0 Å². The Kier molecular flexibility index (Phi) is 7.34. The van der Waals surface area contributed by atoms with Gasteiger partial charge in [0.25, 0.3) is 11.8 Å². The van der Waals surface area contributed by atoms with Crippen LogP contribution in [-0.4, -0.2) is 62.8 Å². The first kappa shape index (κ1) is 22.9. The van der Waals surface area contributed by atoms with Crippen LogP contribution in [0, 0.1) is 0 Å². The van der Waals surface area contributed by atoms with Gasteiger partial charge in [0.2, 0.25) is 6.79 Å². The van der Waals surface area contributed by atoms with E-state index in [0.717, 1.165) is 51.3 Å². The van der Waals surface area contributed by atoms with Crippen LogP contribution in [0.1, 0.15) is 47.4 Å². The Labute approximate surface area is 194 Å². The van der Waals surface area contributed by atoms with Crippen LogP contribution in [0.15, 0.2) is 36.4 Å². The lowest BCUT2D eigenvalue weighted by Gasteiger charge is -2.23. The molecule has 2 heterocycles. The van der Waals surface area contributed by atoms with Crippen molar-refractivity contribution in [3.63, 3.8) is 0 Å². The van der Waals surface area contributed by atoms with Crippen molar-refractivity contribution in [2.45, 2.75) is 26.7 Å². The molecule has 0 aliphatic carbocycles. The Hall–Kier alpha value is -3.26. The fraction of sp³-hybridized carbons (Fsp3) is 0.440. The molecule has 0 saturated carbocycles. The summed E-state index contributed by atoms with van der Waals surface area (Å²) in [5.74, 6) is 0.795. The van der Waals surface area contributed by atoms with E-state index in [0.29, 0.717) is 34.9 Å². The Morgan fingerprint density at radius 1 is 0.970 bits per heavy atom. The highest BCUT2D eigenvalue weighted by molar-refractivity contribution is 6.06. The largest absolute Gasteiger partial charge is 0.454 e. The molecular weight excluding hydrogens is 420 g/mol. The fourth-order valence-corrected chi connectivity index (χ4v) is 4.23. The molecule has 8 nitrogen and oxygen atoms in total. The average Bonchev–Trinajstić information content (AvgIpc) is 3.53. The maximum absolute atomic E-state index is 13.1. The highest BCUT2D eigenvalue weighted by Gasteiger charge is 2.21. The van der Waals surface area contributed by atoms with Gasteiger partial charge < -0.3 is 29.9 Å². The van der Waals surface area contributed by atoms with Gasteiger partial charge in [0.05, 0.1) is 5.56 Å². The van der Waals surface area contributed by atoms with Crippen molar-refractivity contribution in [3.8, 4) is 11.5 Å². The molecule has 1 fully saturated rings. The number of hydrogen-bond acceptors (Lipinski definition) is 6. The quantitative estimate of drug-likeness (QED) is 0.607. The molecule has 0 spiro atoms. The van der Waals surface area contributed by atoms with Crippen LogP contribution in [0.25, 0.3) is 0 Å². The van der Waals surface area contributed by atoms with Crippen molar-refractivity contribution in [1.29, 1.82) is 0 Å². The number of nitrogens with one attached hydrogen (secondary N) is 2. The topological polar surface area (TPSA) is 83.1 Å². The van der Waals surface area contributed by atoms with E-state index in [-0.39, 0.29) is 18.6 Å². The first-order valence-electron chi connectivity index (χ1n) is 11.7. The smallest absolute Gasteiger partial charge is 0.255 e. The molecule has 2 aromatic carbocycles. The van der Waals surface area contributed by atoms with Gasteiger partial charge in [0, 0.05) is 43.1 Å². The van der Waals surface area contributed by atoms with Crippen LogP contribution in [0.5, 0.6) is 11.5 Å². The molecule has 176 valence electrons. The lowest BCUT2D eigenvalue weighted by atomic mass is 10.1. The summed E-state index contributed by atoms with van der Waals surface area (Å²) in [5.41, 5.74) is 2.54. The molecule has 0 atom stereocenters. The van der Waals surface area contributed by atoms with E-state index >= 15 is 0 Å². The number of ether oxygens (including phenoxy) is 2. The predicted octanol–water partition coefficient (Wildman–Crippen LogP) is 3.34. The number of amides is 2. The summed E-state index contributed by atoms with van der Waals surface area (Å²) in [5, 5.41) is 5.97. The summed E-state index contributed by atoms with van der Waals surface area (Å²) in [6, 6.07) is 10.6. The average molecular weight is 453 g/mol. The van der Waals surface area contributed by atoms with Gasteiger partial charge in [0.15, 0.2) is 11.5 Å². The van der Waals surface area contributed by atoms with Gasteiger partial charge in [-0.15, -0.1) is 0 Å². The van der Waals surface area contributed by atoms with Crippen LogP contribution in [0.3, 0.4) is 0 Å². The van der Waals surface area contributed by atoms with E-state index in [4.69, 9.17) is 9.47 Å². The summed E-state index contributed by atoms with van der Waals surface area (Å²) >= 11 is 0. The van der Waals surface area contributed by atoms with Gasteiger partial charge in [-0.3, -0.25) is 9.59 Å². The molecule has 33 heavy (non-hydrogen) atoms. The monoisotopic (exact) mass is 452 g/mol. The van der Waals surface area contributed by atoms with Crippen LogP contribution in [0.2, 0.25) is 0 Å². The molecule has 8 heteroatoms. The van der Waals surface area contributed by atoms with Gasteiger partial charge >= 0.3 is 0 Å². The number of carbonyl (C=O) groups excluding carboxylic acids is 2. The molecule has 2 aliphatic heterocycles. The van der Waals surface area contributed by atoms with Crippen LogP contribution in [0.4, 0.5) is 11.4 Å². The first-order chi connectivity index (χ1) is 16.1. The molecule has 0 unspecified atom stereocenters. The molecule has 2 aromatic rings. The molecule has 4 rings (SSSR count). The number of anilines is 2. The van der Waals surface area contributed by atoms with E-state index in [9.17, 15) is 9.59 Å². The number of likely N-dealkylation sites (N-methyl/N-ethyl adjacent to an activating group) is 1. The van der Waals surface area contributed by atoms with Crippen LogP contribution < -0.4 is 25.0 Å². The molecule has 0 radical (unpaired) electrons. The Morgan fingerprint density at radius 3 is 2.48 bits per heavy atom. The molecule has 2 aliphatic rings. The highest BCUT2D eigenvalue weighted by Crippen LogP contribution is 2.33. The summed E-state index contributed by atoms with van der Waals surface area (Å²) in [7, 11) is 0. The van der Waals surface area contributed by atoms with Crippen molar-refractivity contribution in [2.75, 3.05) is 56.3 Å². The summed E-state index contributed by atoms with van der Waals surface area (Å²) in [4.78, 5) is 30.4. The second-order valence-corrected chi connectivity index (χ2v) is 8.23. The highest BCUT2D eigenvalue weighted by atomic mass is 16.7. The maximum Gasteiger partial charge on any atom is 0.255 e. The number of nitrogens with zero attached hydrogens (tertiary/aromatic N) is 2. The minimum atomic E-state index is -0.268. The standard InChI is InChI=1S/C25H32N4O4/c1-3-28(4-2)14-11-26-25(31)20-16-19(8-9-21(20)29-12-5-6-13-29)27-24(30)18-7-10-22-23(15-18)33-17-32-22/h7-10,15-16H,3-6,11-14,17H2,1-2H3,(H,26,31)(H,27,30). The van der Waals surface area contributed by atoms with Gasteiger partial charge in [0.1, 0.15) is 0 Å².